The molecule has 1 amide bonds. The lowest BCUT2D eigenvalue weighted by molar-refractivity contribution is 0.0926. The van der Waals surface area contributed by atoms with Gasteiger partial charge in [-0.3, -0.25) is 4.79 Å². The molecule has 0 bridgehead atoms. The van der Waals surface area contributed by atoms with Gasteiger partial charge in [0.05, 0.1) is 17.5 Å². The van der Waals surface area contributed by atoms with Gasteiger partial charge >= 0.3 is 0 Å². The van der Waals surface area contributed by atoms with E-state index < -0.39 is 5.54 Å². The molecule has 4 N–H and O–H groups in total. The number of carbonyl (C=O) groups is 1. The molecule has 1 aliphatic rings. The van der Waals surface area contributed by atoms with Gasteiger partial charge in [-0.25, -0.2) is 9.97 Å². The summed E-state index contributed by atoms with van der Waals surface area (Å²) in [7, 11) is 0. The average molecular weight is 287 g/mol. The second kappa shape index (κ2) is 4.80. The van der Waals surface area contributed by atoms with Gasteiger partial charge in [0.2, 0.25) is 0 Å². The van der Waals surface area contributed by atoms with Crippen molar-refractivity contribution in [2.75, 3.05) is 0 Å². The number of rotatable bonds is 4. The highest BCUT2D eigenvalue weighted by molar-refractivity contribution is 6.04. The van der Waals surface area contributed by atoms with E-state index in [-0.39, 0.29) is 11.9 Å². The number of carbonyl (C=O) groups excluding carboxylic acids is 1. The maximum absolute atomic E-state index is 12.4. The summed E-state index contributed by atoms with van der Waals surface area (Å²) in [5, 5.41) is 2.93. The highest BCUT2D eigenvalue weighted by Crippen LogP contribution is 2.39. The number of aromatic amines is 1. The first-order valence-corrected chi connectivity index (χ1v) is 7.30. The highest BCUT2D eigenvalue weighted by Gasteiger charge is 2.27. The van der Waals surface area contributed by atoms with Crippen LogP contribution < -0.4 is 11.1 Å². The van der Waals surface area contributed by atoms with Crippen LogP contribution in [0, 0.1) is 0 Å². The lowest BCUT2D eigenvalue weighted by Crippen LogP contribution is -2.52. The zero-order chi connectivity index (χ0) is 15.2. The van der Waals surface area contributed by atoms with E-state index in [1.807, 2.05) is 20.8 Å². The summed E-state index contributed by atoms with van der Waals surface area (Å²) >= 11 is 0. The number of aromatic nitrogens is 3. The van der Waals surface area contributed by atoms with Crippen LogP contribution >= 0.6 is 0 Å². The summed E-state index contributed by atoms with van der Waals surface area (Å²) in [5.74, 6) is 0.337. The van der Waals surface area contributed by atoms with Crippen molar-refractivity contribution < 1.29 is 4.79 Å². The topological polar surface area (TPSA) is 96.7 Å². The van der Waals surface area contributed by atoms with Gasteiger partial charge in [0.1, 0.15) is 5.52 Å². The smallest absolute Gasteiger partial charge is 0.255 e. The third-order valence-corrected chi connectivity index (χ3v) is 4.10. The Hall–Kier alpha value is -1.95. The van der Waals surface area contributed by atoms with Crippen molar-refractivity contribution in [1.82, 2.24) is 20.3 Å². The Morgan fingerprint density at radius 3 is 2.86 bits per heavy atom. The van der Waals surface area contributed by atoms with Gasteiger partial charge in [0.15, 0.2) is 5.65 Å². The Labute approximate surface area is 123 Å². The van der Waals surface area contributed by atoms with E-state index in [1.165, 1.54) is 0 Å². The quantitative estimate of drug-likeness (QED) is 0.797. The van der Waals surface area contributed by atoms with Crippen molar-refractivity contribution in [2.24, 2.45) is 5.73 Å². The first kappa shape index (κ1) is 14.0. The molecule has 21 heavy (non-hydrogen) atoms. The van der Waals surface area contributed by atoms with Crippen molar-refractivity contribution in [3.8, 4) is 0 Å². The molecular formula is C15H21N5O. The number of nitrogens with zero attached hydrogens (tertiary/aromatic N) is 2. The molecule has 1 fully saturated rings. The third kappa shape index (κ3) is 2.76. The van der Waals surface area contributed by atoms with E-state index in [4.69, 9.17) is 5.73 Å². The predicted molar refractivity (Wildman–Crippen MR) is 81.1 cm³/mol. The number of nitrogens with one attached hydrogen (secondary N) is 2. The molecule has 0 saturated heterocycles. The molecule has 0 radical (unpaired) electrons. The normalized spacial score (nSPS) is 17.0. The molecular weight excluding hydrogens is 266 g/mol. The fourth-order valence-corrected chi connectivity index (χ4v) is 2.11. The largest absolute Gasteiger partial charge is 0.348 e. The van der Waals surface area contributed by atoms with Crippen LogP contribution in [-0.2, 0) is 0 Å². The van der Waals surface area contributed by atoms with Gasteiger partial charge in [-0.1, -0.05) is 0 Å². The molecule has 1 aliphatic carbocycles. The molecule has 2 heterocycles. The standard InChI is InChI=1S/C15H21N5O/c1-8(15(2,3)16)19-14(21)10-6-17-13-12(10)20-11(7-18-13)9-4-5-9/h6-9H,4-5,16H2,1-3H3,(H,17,18)(H,19,21). The number of amides is 1. The summed E-state index contributed by atoms with van der Waals surface area (Å²) in [6.45, 7) is 5.67. The first-order chi connectivity index (χ1) is 9.86. The second-order valence-electron chi connectivity index (χ2n) is 6.49. The van der Waals surface area contributed by atoms with Gasteiger partial charge in [0, 0.05) is 23.7 Å². The first-order valence-electron chi connectivity index (χ1n) is 7.30. The predicted octanol–water partition coefficient (Wildman–Crippen LogP) is 1.69. The SMILES string of the molecule is CC(NC(=O)c1c[nH]c2ncc(C3CC3)nc12)C(C)(C)N. The Morgan fingerprint density at radius 2 is 2.24 bits per heavy atom. The lowest BCUT2D eigenvalue weighted by atomic mass is 9.97. The number of nitrogens with two attached hydrogens (primary N) is 1. The molecule has 1 unspecified atom stereocenters. The van der Waals surface area contributed by atoms with Gasteiger partial charge in [0.25, 0.3) is 5.91 Å². The number of hydrogen-bond donors (Lipinski definition) is 3. The molecule has 112 valence electrons. The second-order valence-corrected chi connectivity index (χ2v) is 6.49. The maximum Gasteiger partial charge on any atom is 0.255 e. The molecule has 0 aromatic carbocycles. The van der Waals surface area contributed by atoms with Crippen molar-refractivity contribution in [1.29, 1.82) is 0 Å². The van der Waals surface area contributed by atoms with Crippen molar-refractivity contribution in [2.45, 2.75) is 51.1 Å². The van der Waals surface area contributed by atoms with E-state index in [9.17, 15) is 4.79 Å². The van der Waals surface area contributed by atoms with Gasteiger partial charge in [-0.05, 0) is 33.6 Å². The van der Waals surface area contributed by atoms with Crippen molar-refractivity contribution in [3.05, 3.63) is 23.7 Å². The van der Waals surface area contributed by atoms with Gasteiger partial charge in [-0.2, -0.15) is 0 Å². The molecule has 6 heteroatoms. The van der Waals surface area contributed by atoms with Crippen LogP contribution in [0.1, 0.15) is 55.6 Å². The molecule has 1 atom stereocenters. The summed E-state index contributed by atoms with van der Waals surface area (Å²) < 4.78 is 0. The average Bonchev–Trinajstić information content (AvgIpc) is 3.16. The summed E-state index contributed by atoms with van der Waals surface area (Å²) in [6, 6.07) is -0.144. The number of hydrogen-bond acceptors (Lipinski definition) is 4. The van der Waals surface area contributed by atoms with E-state index in [0.29, 0.717) is 22.6 Å². The minimum absolute atomic E-state index is 0.144. The van der Waals surface area contributed by atoms with Crippen LogP contribution in [-0.4, -0.2) is 32.4 Å². The zero-order valence-corrected chi connectivity index (χ0v) is 12.6. The van der Waals surface area contributed by atoms with Crippen LogP contribution in [0.5, 0.6) is 0 Å². The fraction of sp³-hybridized carbons (Fsp3) is 0.533. The molecule has 3 rings (SSSR count). The summed E-state index contributed by atoms with van der Waals surface area (Å²) in [6.07, 6.45) is 5.77. The highest BCUT2D eigenvalue weighted by atomic mass is 16.1. The Kier molecular flexibility index (Phi) is 3.20. The Balaban J connectivity index is 1.89. The minimum Gasteiger partial charge on any atom is -0.348 e. The minimum atomic E-state index is -0.480. The van der Waals surface area contributed by atoms with Crippen LogP contribution in [0.25, 0.3) is 11.2 Å². The van der Waals surface area contributed by atoms with Crippen LogP contribution in [0.2, 0.25) is 0 Å². The molecule has 6 nitrogen and oxygen atoms in total. The molecule has 2 aromatic rings. The van der Waals surface area contributed by atoms with Crippen LogP contribution in [0.3, 0.4) is 0 Å². The number of fused-ring (bicyclic) bond motifs is 1. The monoisotopic (exact) mass is 287 g/mol. The van der Waals surface area contributed by atoms with Gasteiger partial charge < -0.3 is 16.0 Å². The molecule has 2 aromatic heterocycles. The number of H-pyrrole nitrogens is 1. The van der Waals surface area contributed by atoms with E-state index >= 15 is 0 Å². The summed E-state index contributed by atoms with van der Waals surface area (Å²) in [5.41, 5.74) is 8.32. The zero-order valence-electron chi connectivity index (χ0n) is 12.6. The Bertz CT molecular complexity index is 681. The fourth-order valence-electron chi connectivity index (χ4n) is 2.11. The van der Waals surface area contributed by atoms with Crippen molar-refractivity contribution >= 4 is 17.1 Å². The van der Waals surface area contributed by atoms with E-state index in [1.54, 1.807) is 12.4 Å². The van der Waals surface area contributed by atoms with E-state index in [0.717, 1.165) is 18.5 Å². The van der Waals surface area contributed by atoms with Crippen LogP contribution in [0.4, 0.5) is 0 Å². The molecule has 0 aliphatic heterocycles. The van der Waals surface area contributed by atoms with Crippen LogP contribution in [0.15, 0.2) is 12.4 Å². The van der Waals surface area contributed by atoms with Gasteiger partial charge in [-0.15, -0.1) is 0 Å². The molecule has 0 spiro atoms. The summed E-state index contributed by atoms with van der Waals surface area (Å²) in [4.78, 5) is 24.4. The Morgan fingerprint density at radius 1 is 1.52 bits per heavy atom. The maximum atomic E-state index is 12.4. The van der Waals surface area contributed by atoms with E-state index in [2.05, 4.69) is 20.3 Å². The lowest BCUT2D eigenvalue weighted by Gasteiger charge is -2.27. The van der Waals surface area contributed by atoms with Crippen molar-refractivity contribution in [3.63, 3.8) is 0 Å². The third-order valence-electron chi connectivity index (χ3n) is 4.10. The molecule has 1 saturated carbocycles.